The highest BCUT2D eigenvalue weighted by Crippen LogP contribution is 2.72. The average Bonchev–Trinajstić information content (AvgIpc) is 2.67. The van der Waals surface area contributed by atoms with Gasteiger partial charge in [-0.2, -0.15) is 0 Å². The minimum Gasteiger partial charge on any atom is -0.444 e. The van der Waals surface area contributed by atoms with Crippen molar-refractivity contribution in [2.75, 3.05) is 18.6 Å². The number of carbonyl (C=O) groups is 1. The van der Waals surface area contributed by atoms with E-state index in [1.807, 2.05) is 20.8 Å². The third-order valence-corrected chi connectivity index (χ3v) is 10.9. The quantitative estimate of drug-likeness (QED) is 0.617. The fourth-order valence-electron chi connectivity index (χ4n) is 8.91. The van der Waals surface area contributed by atoms with E-state index in [1.54, 1.807) is 6.26 Å². The van der Waals surface area contributed by atoms with Crippen LogP contribution in [0.1, 0.15) is 86.0 Å². The van der Waals surface area contributed by atoms with E-state index >= 15 is 0 Å². The zero-order chi connectivity index (χ0) is 23.5. The van der Waals surface area contributed by atoms with Crippen LogP contribution in [0.2, 0.25) is 0 Å². The van der Waals surface area contributed by atoms with Crippen molar-refractivity contribution in [3.63, 3.8) is 0 Å². The molecule has 0 saturated heterocycles. The van der Waals surface area contributed by atoms with E-state index in [2.05, 4.69) is 19.2 Å². The van der Waals surface area contributed by atoms with Gasteiger partial charge < -0.3 is 15.2 Å². The molecule has 5 aliphatic carbocycles. The Morgan fingerprint density at radius 3 is 2.47 bits per heavy atom. The summed E-state index contributed by atoms with van der Waals surface area (Å²) < 4.78 is 17.5. The van der Waals surface area contributed by atoms with Crippen LogP contribution in [0.25, 0.3) is 0 Å². The first-order chi connectivity index (χ1) is 14.8. The fourth-order valence-corrected chi connectivity index (χ4v) is 9.90. The number of ether oxygens (including phenoxy) is 1. The summed E-state index contributed by atoms with van der Waals surface area (Å²) in [6.45, 7) is 11.2. The lowest BCUT2D eigenvalue weighted by Crippen LogP contribution is -2.67. The van der Waals surface area contributed by atoms with E-state index < -0.39 is 16.4 Å². The number of aliphatic hydroxyl groups is 1. The average molecular weight is 468 g/mol. The molecule has 0 aromatic carbocycles. The minimum atomic E-state index is -0.859. The van der Waals surface area contributed by atoms with Crippen LogP contribution in [0.3, 0.4) is 0 Å². The molecule has 0 aromatic rings. The number of nitrogens with one attached hydrogen (secondary N) is 1. The highest BCUT2D eigenvalue weighted by molar-refractivity contribution is 7.84. The number of carbonyl (C=O) groups excluding carboxylic acids is 1. The number of amides is 1. The van der Waals surface area contributed by atoms with Gasteiger partial charge in [-0.1, -0.05) is 20.3 Å². The van der Waals surface area contributed by atoms with Gasteiger partial charge in [0.15, 0.2) is 0 Å². The zero-order valence-electron chi connectivity index (χ0n) is 21.0. The van der Waals surface area contributed by atoms with E-state index in [0.717, 1.165) is 25.7 Å². The third kappa shape index (κ3) is 4.06. The van der Waals surface area contributed by atoms with Crippen molar-refractivity contribution in [3.05, 3.63) is 0 Å². The molecular formula is C26H45NO4S. The summed E-state index contributed by atoms with van der Waals surface area (Å²) in [6.07, 6.45) is 10.4. The van der Waals surface area contributed by atoms with Gasteiger partial charge in [0.05, 0.1) is 6.10 Å². The van der Waals surface area contributed by atoms with E-state index in [9.17, 15) is 14.1 Å². The van der Waals surface area contributed by atoms with Crippen LogP contribution in [0.4, 0.5) is 4.79 Å². The van der Waals surface area contributed by atoms with E-state index in [4.69, 9.17) is 4.74 Å². The third-order valence-electron chi connectivity index (χ3n) is 10.1. The molecule has 5 fully saturated rings. The van der Waals surface area contributed by atoms with Gasteiger partial charge in [0.1, 0.15) is 5.60 Å². The smallest absolute Gasteiger partial charge is 0.407 e. The first-order valence-corrected chi connectivity index (χ1v) is 14.5. The van der Waals surface area contributed by atoms with Gasteiger partial charge in [0.2, 0.25) is 0 Å². The highest BCUT2D eigenvalue weighted by Gasteiger charge is 2.67. The largest absolute Gasteiger partial charge is 0.444 e. The molecule has 0 aromatic heterocycles. The normalized spacial score (nSPS) is 46.7. The second-order valence-electron chi connectivity index (χ2n) is 13.1. The number of hydrogen-bond donors (Lipinski definition) is 2. The molecule has 6 heteroatoms. The number of aliphatic hydroxyl groups excluding tert-OH is 1. The lowest BCUT2D eigenvalue weighted by molar-refractivity contribution is -0.239. The van der Waals surface area contributed by atoms with Crippen LogP contribution in [0, 0.1) is 39.9 Å². The summed E-state index contributed by atoms with van der Waals surface area (Å²) in [5.41, 5.74) is -0.241. The molecule has 5 aliphatic rings. The molecule has 2 N–H and O–H groups in total. The van der Waals surface area contributed by atoms with Crippen molar-refractivity contribution in [3.8, 4) is 0 Å². The maximum atomic E-state index is 12.4. The molecule has 2 bridgehead atoms. The molecule has 1 spiro atoms. The Morgan fingerprint density at radius 2 is 1.81 bits per heavy atom. The van der Waals surface area contributed by atoms with E-state index in [1.165, 1.54) is 25.7 Å². The summed E-state index contributed by atoms with van der Waals surface area (Å²) in [7, 11) is -0.859. The van der Waals surface area contributed by atoms with Crippen LogP contribution in [-0.4, -0.2) is 45.7 Å². The van der Waals surface area contributed by atoms with E-state index in [-0.39, 0.29) is 34.4 Å². The standard InChI is InChI=1S/C26H45NO4S/c1-23(2,3)31-22(29)27-16-24(4)10-7-11-25(5)19(24)9-13-26-12-8-17(14-20(25)26)18(21(26)28)15-32(6)30/h17-21,28H,7-16H2,1-6H3,(H,27,29)/t17-,18+,19-,20+,21-,24+,25-,26+,32?/m1/s1. The van der Waals surface area contributed by atoms with Gasteiger partial charge in [-0.15, -0.1) is 0 Å². The fraction of sp³-hybridized carbons (Fsp3) is 0.962. The monoisotopic (exact) mass is 467 g/mol. The van der Waals surface area contributed by atoms with Crippen LogP contribution >= 0.6 is 0 Å². The van der Waals surface area contributed by atoms with Crippen molar-refractivity contribution in [2.24, 2.45) is 39.9 Å². The Balaban J connectivity index is 1.55. The molecule has 1 amide bonds. The predicted octanol–water partition coefficient (Wildman–Crippen LogP) is 4.89. The topological polar surface area (TPSA) is 75.6 Å². The van der Waals surface area contributed by atoms with Gasteiger partial charge in [-0.25, -0.2) is 4.79 Å². The number of fused-ring (bicyclic) bond motifs is 3. The molecule has 32 heavy (non-hydrogen) atoms. The summed E-state index contributed by atoms with van der Waals surface area (Å²) in [5, 5.41) is 14.7. The van der Waals surface area contributed by atoms with Crippen LogP contribution in [0.5, 0.6) is 0 Å². The number of hydrogen-bond acceptors (Lipinski definition) is 4. The van der Waals surface area contributed by atoms with Gasteiger partial charge in [0.25, 0.3) is 0 Å². The summed E-state index contributed by atoms with van der Waals surface area (Å²) in [4.78, 5) is 12.4. The molecule has 5 rings (SSSR count). The number of alkyl carbamates (subject to hydrolysis) is 1. The van der Waals surface area contributed by atoms with Crippen molar-refractivity contribution < 1.29 is 18.8 Å². The Hall–Kier alpha value is -0.620. The lowest BCUT2D eigenvalue weighted by Gasteiger charge is -2.70. The second kappa shape index (κ2) is 8.25. The van der Waals surface area contributed by atoms with E-state index in [0.29, 0.717) is 30.1 Å². The van der Waals surface area contributed by atoms with Crippen molar-refractivity contribution >= 4 is 16.9 Å². The maximum absolute atomic E-state index is 12.4. The summed E-state index contributed by atoms with van der Waals surface area (Å²) in [6, 6.07) is 0. The highest BCUT2D eigenvalue weighted by atomic mass is 32.2. The first-order valence-electron chi connectivity index (χ1n) is 12.8. The molecule has 9 atom stereocenters. The number of rotatable bonds is 4. The van der Waals surface area contributed by atoms with Crippen molar-refractivity contribution in [2.45, 2.75) is 97.7 Å². The SMILES string of the molecule is CS(=O)C[C@H]1[C@@H]2CC[C@@]3(CC[C@@H]4[C@](C)(CNC(=O)OC(C)(C)C)CCC[C@@]4(C)[C@@H]3C2)[C@@H]1O. The van der Waals surface area contributed by atoms with Crippen LogP contribution in [-0.2, 0) is 15.5 Å². The van der Waals surface area contributed by atoms with Crippen LogP contribution < -0.4 is 5.32 Å². The minimum absolute atomic E-state index is 0.000874. The van der Waals surface area contributed by atoms with Gasteiger partial charge >= 0.3 is 6.09 Å². The molecule has 184 valence electrons. The maximum Gasteiger partial charge on any atom is 0.407 e. The van der Waals surface area contributed by atoms with Crippen molar-refractivity contribution in [1.29, 1.82) is 0 Å². The Labute approximate surface area is 197 Å². The summed E-state index contributed by atoms with van der Waals surface area (Å²) in [5.74, 6) is 2.43. The lowest BCUT2D eigenvalue weighted by atomic mass is 9.35. The predicted molar refractivity (Wildman–Crippen MR) is 129 cm³/mol. The Bertz CT molecular complexity index is 765. The molecule has 5 nitrogen and oxygen atoms in total. The molecule has 0 radical (unpaired) electrons. The molecule has 0 heterocycles. The zero-order valence-corrected chi connectivity index (χ0v) is 21.9. The van der Waals surface area contributed by atoms with Crippen molar-refractivity contribution in [1.82, 2.24) is 5.32 Å². The Morgan fingerprint density at radius 1 is 1.12 bits per heavy atom. The molecule has 5 saturated carbocycles. The van der Waals surface area contributed by atoms with Crippen LogP contribution in [0.15, 0.2) is 0 Å². The first kappa shape index (κ1) is 24.5. The Kier molecular flexibility index (Phi) is 6.32. The molecule has 1 unspecified atom stereocenters. The summed E-state index contributed by atoms with van der Waals surface area (Å²) >= 11 is 0. The van der Waals surface area contributed by atoms with Gasteiger partial charge in [0, 0.05) is 29.4 Å². The molecule has 0 aliphatic heterocycles. The van der Waals surface area contributed by atoms with Gasteiger partial charge in [-0.3, -0.25) is 4.21 Å². The second-order valence-corrected chi connectivity index (χ2v) is 14.6. The van der Waals surface area contributed by atoms with Gasteiger partial charge in [-0.05, 0) is 106 Å². The molecular weight excluding hydrogens is 422 g/mol.